The topological polar surface area (TPSA) is 90.1 Å². The summed E-state index contributed by atoms with van der Waals surface area (Å²) in [5.74, 6) is 1.06. The van der Waals surface area contributed by atoms with Crippen molar-refractivity contribution >= 4 is 17.5 Å². The van der Waals surface area contributed by atoms with Crippen LogP contribution in [0.4, 0.5) is 11.6 Å². The number of aromatic nitrogens is 2. The highest BCUT2D eigenvalue weighted by atomic mass is 16.5. The Bertz CT molecular complexity index is 1000. The summed E-state index contributed by atoms with van der Waals surface area (Å²) >= 11 is 0. The van der Waals surface area contributed by atoms with E-state index in [4.69, 9.17) is 10.5 Å². The van der Waals surface area contributed by atoms with Crippen molar-refractivity contribution in [3.05, 3.63) is 66.4 Å². The number of amides is 1. The molecule has 0 spiro atoms. The third-order valence-electron chi connectivity index (χ3n) is 5.43. The minimum atomic E-state index is -0.507. The van der Waals surface area contributed by atoms with Gasteiger partial charge in [-0.2, -0.15) is 0 Å². The van der Waals surface area contributed by atoms with Crippen LogP contribution in [0.25, 0.3) is 11.3 Å². The third-order valence-corrected chi connectivity index (χ3v) is 5.43. The molecule has 6 nitrogen and oxygen atoms in total. The maximum atomic E-state index is 12.1. The summed E-state index contributed by atoms with van der Waals surface area (Å²) in [5, 5.41) is 3.18. The average Bonchev–Trinajstić information content (AvgIpc) is 2.79. The zero-order valence-corrected chi connectivity index (χ0v) is 16.9. The SMILES string of the molecule is NC(=O)c1cc(-c2ccnc(Nc3ccccc3)n2)ccc1OCC1CCCCC1. The van der Waals surface area contributed by atoms with Crippen molar-refractivity contribution in [3.8, 4) is 17.0 Å². The monoisotopic (exact) mass is 402 g/mol. The summed E-state index contributed by atoms with van der Waals surface area (Å²) in [6.45, 7) is 0.623. The Hall–Kier alpha value is -3.41. The van der Waals surface area contributed by atoms with Gasteiger partial charge in [0.05, 0.1) is 17.9 Å². The number of benzene rings is 2. The molecule has 1 aliphatic rings. The van der Waals surface area contributed by atoms with E-state index in [1.165, 1.54) is 32.1 Å². The molecular formula is C24H26N4O2. The summed E-state index contributed by atoms with van der Waals surface area (Å²) in [6.07, 6.45) is 7.86. The van der Waals surface area contributed by atoms with Crippen LogP contribution in [0.15, 0.2) is 60.8 Å². The van der Waals surface area contributed by atoms with Gasteiger partial charge < -0.3 is 15.8 Å². The van der Waals surface area contributed by atoms with Crippen LogP contribution in [0.3, 0.4) is 0 Å². The molecule has 1 fully saturated rings. The van der Waals surface area contributed by atoms with Gasteiger partial charge in [-0.25, -0.2) is 9.97 Å². The first kappa shape index (κ1) is 19.9. The predicted octanol–water partition coefficient (Wildman–Crippen LogP) is 4.95. The number of hydrogen-bond acceptors (Lipinski definition) is 5. The summed E-state index contributed by atoms with van der Waals surface area (Å²) in [4.78, 5) is 20.9. The highest BCUT2D eigenvalue weighted by Crippen LogP contribution is 2.29. The number of carbonyl (C=O) groups is 1. The van der Waals surface area contributed by atoms with Crippen molar-refractivity contribution in [2.45, 2.75) is 32.1 Å². The molecule has 1 amide bonds. The Morgan fingerprint density at radius 3 is 2.63 bits per heavy atom. The second kappa shape index (κ2) is 9.39. The minimum Gasteiger partial charge on any atom is -0.492 e. The van der Waals surface area contributed by atoms with E-state index in [0.29, 0.717) is 35.5 Å². The maximum absolute atomic E-state index is 12.1. The van der Waals surface area contributed by atoms with Crippen LogP contribution >= 0.6 is 0 Å². The number of primary amides is 1. The molecule has 1 aromatic heterocycles. The molecule has 4 rings (SSSR count). The highest BCUT2D eigenvalue weighted by molar-refractivity contribution is 5.97. The van der Waals surface area contributed by atoms with E-state index in [-0.39, 0.29) is 0 Å². The summed E-state index contributed by atoms with van der Waals surface area (Å²) in [6, 6.07) is 17.0. The summed E-state index contributed by atoms with van der Waals surface area (Å²) < 4.78 is 5.99. The number of ether oxygens (including phenoxy) is 1. The number of rotatable bonds is 7. The van der Waals surface area contributed by atoms with E-state index in [9.17, 15) is 4.79 Å². The Morgan fingerprint density at radius 2 is 1.87 bits per heavy atom. The second-order valence-electron chi connectivity index (χ2n) is 7.65. The van der Waals surface area contributed by atoms with Gasteiger partial charge in [0, 0.05) is 17.4 Å². The number of carbonyl (C=O) groups excluding carboxylic acids is 1. The Labute approximate surface area is 176 Å². The maximum Gasteiger partial charge on any atom is 0.252 e. The van der Waals surface area contributed by atoms with E-state index in [1.54, 1.807) is 18.3 Å². The quantitative estimate of drug-likeness (QED) is 0.584. The number of anilines is 2. The fraction of sp³-hybridized carbons (Fsp3) is 0.292. The van der Waals surface area contributed by atoms with E-state index in [0.717, 1.165) is 11.3 Å². The van der Waals surface area contributed by atoms with E-state index in [1.807, 2.05) is 42.5 Å². The first-order chi connectivity index (χ1) is 14.7. The minimum absolute atomic E-state index is 0.375. The molecule has 0 aliphatic heterocycles. The molecule has 0 saturated heterocycles. The van der Waals surface area contributed by atoms with E-state index < -0.39 is 5.91 Å². The Kier molecular flexibility index (Phi) is 6.23. The molecule has 30 heavy (non-hydrogen) atoms. The molecule has 6 heteroatoms. The molecule has 0 bridgehead atoms. The fourth-order valence-corrected chi connectivity index (χ4v) is 3.80. The van der Waals surface area contributed by atoms with Gasteiger partial charge in [-0.15, -0.1) is 0 Å². The molecule has 2 aromatic carbocycles. The van der Waals surface area contributed by atoms with Gasteiger partial charge in [-0.3, -0.25) is 4.79 Å². The molecule has 0 atom stereocenters. The van der Waals surface area contributed by atoms with Crippen LogP contribution in [0.1, 0.15) is 42.5 Å². The third kappa shape index (κ3) is 4.95. The molecule has 1 saturated carbocycles. The number of nitrogens with one attached hydrogen (secondary N) is 1. The Morgan fingerprint density at radius 1 is 1.07 bits per heavy atom. The standard InChI is InChI=1S/C24H26N4O2/c25-23(29)20-15-18(11-12-22(20)30-16-17-7-3-1-4-8-17)21-13-14-26-24(28-21)27-19-9-5-2-6-10-19/h2,5-6,9-15,17H,1,3-4,7-8,16H2,(H2,25,29)(H,26,27,28). The smallest absolute Gasteiger partial charge is 0.252 e. The van der Waals surface area contributed by atoms with E-state index in [2.05, 4.69) is 15.3 Å². The lowest BCUT2D eigenvalue weighted by molar-refractivity contribution is 0.0994. The van der Waals surface area contributed by atoms with E-state index >= 15 is 0 Å². The summed E-state index contributed by atoms with van der Waals surface area (Å²) in [7, 11) is 0. The van der Waals surface area contributed by atoms with Gasteiger partial charge in [-0.05, 0) is 55.2 Å². The van der Waals surface area contributed by atoms with Crippen molar-refractivity contribution in [3.63, 3.8) is 0 Å². The van der Waals surface area contributed by atoms with Crippen molar-refractivity contribution in [2.75, 3.05) is 11.9 Å². The van der Waals surface area contributed by atoms with Crippen LogP contribution in [-0.2, 0) is 0 Å². The first-order valence-corrected chi connectivity index (χ1v) is 10.4. The normalized spacial score (nSPS) is 14.3. The molecule has 154 valence electrons. The number of nitrogens with two attached hydrogens (primary N) is 1. The molecule has 1 heterocycles. The average molecular weight is 402 g/mol. The lowest BCUT2D eigenvalue weighted by Crippen LogP contribution is -2.18. The molecule has 1 aliphatic carbocycles. The number of hydrogen-bond donors (Lipinski definition) is 2. The number of nitrogens with zero attached hydrogens (tertiary/aromatic N) is 2. The van der Waals surface area contributed by atoms with Gasteiger partial charge in [0.2, 0.25) is 5.95 Å². The van der Waals surface area contributed by atoms with Gasteiger partial charge in [0.1, 0.15) is 5.75 Å². The molecule has 3 aromatic rings. The zero-order chi connectivity index (χ0) is 20.8. The predicted molar refractivity (Wildman–Crippen MR) is 118 cm³/mol. The van der Waals surface area contributed by atoms with Crippen molar-refractivity contribution < 1.29 is 9.53 Å². The van der Waals surface area contributed by atoms with Crippen LogP contribution in [0.2, 0.25) is 0 Å². The van der Waals surface area contributed by atoms with Gasteiger partial charge in [-0.1, -0.05) is 37.5 Å². The van der Waals surface area contributed by atoms with Crippen molar-refractivity contribution in [2.24, 2.45) is 11.7 Å². The fourth-order valence-electron chi connectivity index (χ4n) is 3.80. The summed E-state index contributed by atoms with van der Waals surface area (Å²) in [5.41, 5.74) is 8.40. The molecule has 0 unspecified atom stereocenters. The molecule has 3 N–H and O–H groups in total. The van der Waals surface area contributed by atoms with Gasteiger partial charge in [0.25, 0.3) is 5.91 Å². The second-order valence-corrected chi connectivity index (χ2v) is 7.65. The highest BCUT2D eigenvalue weighted by Gasteiger charge is 2.17. The lowest BCUT2D eigenvalue weighted by atomic mass is 9.90. The first-order valence-electron chi connectivity index (χ1n) is 10.4. The van der Waals surface area contributed by atoms with Gasteiger partial charge in [0.15, 0.2) is 0 Å². The molecule has 0 radical (unpaired) electrons. The molecular weight excluding hydrogens is 376 g/mol. The van der Waals surface area contributed by atoms with Gasteiger partial charge >= 0.3 is 0 Å². The van der Waals surface area contributed by atoms with Crippen LogP contribution < -0.4 is 15.8 Å². The van der Waals surface area contributed by atoms with Crippen molar-refractivity contribution in [1.82, 2.24) is 9.97 Å². The lowest BCUT2D eigenvalue weighted by Gasteiger charge is -2.22. The van der Waals surface area contributed by atoms with Crippen LogP contribution in [-0.4, -0.2) is 22.5 Å². The van der Waals surface area contributed by atoms with Crippen molar-refractivity contribution in [1.29, 1.82) is 0 Å². The number of para-hydroxylation sites is 1. The van der Waals surface area contributed by atoms with Crippen LogP contribution in [0.5, 0.6) is 5.75 Å². The zero-order valence-electron chi connectivity index (χ0n) is 16.9. The Balaban J connectivity index is 1.53. The largest absolute Gasteiger partial charge is 0.492 e. The van der Waals surface area contributed by atoms with Crippen LogP contribution in [0, 0.1) is 5.92 Å².